The fraction of sp³-hybridized carbons (Fsp3) is 0.533. The Hall–Kier alpha value is -0.620. The van der Waals surface area contributed by atoms with E-state index in [1.165, 1.54) is 25.9 Å². The van der Waals surface area contributed by atoms with Crippen molar-refractivity contribution in [1.29, 1.82) is 0 Å². The molecule has 3 saturated heterocycles. The molecule has 4 heteroatoms. The number of nitrogens with zero attached hydrogens (tertiary/aromatic N) is 1. The first kappa shape index (κ1) is 14.8. The van der Waals surface area contributed by atoms with Gasteiger partial charge >= 0.3 is 5.97 Å². The third kappa shape index (κ3) is 3.11. The number of quaternary nitrogens is 1. The Morgan fingerprint density at radius 3 is 2.42 bits per heavy atom. The zero-order valence-corrected chi connectivity index (χ0v) is 13.4. The average molecular weight is 373 g/mol. The zero-order chi connectivity index (χ0) is 12.6. The molecular formula is C15H20INO2. The minimum Gasteiger partial charge on any atom is -1.00 e. The lowest BCUT2D eigenvalue weighted by molar-refractivity contribution is -0.928. The second kappa shape index (κ2) is 5.79. The van der Waals surface area contributed by atoms with Crippen molar-refractivity contribution in [3.8, 4) is 0 Å². The molecule has 4 rings (SSSR count). The Morgan fingerprint density at radius 2 is 1.84 bits per heavy atom. The van der Waals surface area contributed by atoms with E-state index in [0.29, 0.717) is 11.5 Å². The number of halogens is 1. The molecule has 0 saturated carbocycles. The molecule has 0 N–H and O–H groups in total. The molecule has 104 valence electrons. The molecule has 1 aromatic carbocycles. The number of piperidine rings is 3. The van der Waals surface area contributed by atoms with Crippen LogP contribution >= 0.6 is 0 Å². The lowest BCUT2D eigenvalue weighted by Gasteiger charge is -2.49. The third-order valence-electron chi connectivity index (χ3n) is 4.49. The molecule has 0 amide bonds. The van der Waals surface area contributed by atoms with Gasteiger partial charge in [-0.1, -0.05) is 18.2 Å². The van der Waals surface area contributed by atoms with Gasteiger partial charge in [0, 0.05) is 18.8 Å². The highest BCUT2D eigenvalue weighted by molar-refractivity contribution is 5.89. The number of carbonyl (C=O) groups is 1. The predicted molar refractivity (Wildman–Crippen MR) is 69.2 cm³/mol. The number of esters is 1. The minimum absolute atomic E-state index is 0. The smallest absolute Gasteiger partial charge is 0.338 e. The second-order valence-electron chi connectivity index (χ2n) is 5.90. The van der Waals surface area contributed by atoms with E-state index in [0.717, 1.165) is 11.0 Å². The topological polar surface area (TPSA) is 26.3 Å². The Kier molecular flexibility index (Phi) is 4.50. The molecule has 3 aliphatic heterocycles. The van der Waals surface area contributed by atoms with E-state index in [1.54, 1.807) is 0 Å². The van der Waals surface area contributed by atoms with Gasteiger partial charge in [0.25, 0.3) is 0 Å². The maximum absolute atomic E-state index is 12.1. The van der Waals surface area contributed by atoms with Crippen molar-refractivity contribution in [2.24, 2.45) is 5.92 Å². The summed E-state index contributed by atoms with van der Waals surface area (Å²) in [6.07, 6.45) is 2.51. The van der Waals surface area contributed by atoms with E-state index in [2.05, 4.69) is 7.05 Å². The maximum atomic E-state index is 12.1. The van der Waals surface area contributed by atoms with E-state index >= 15 is 0 Å². The Balaban J connectivity index is 0.00000133. The minimum atomic E-state index is -0.166. The number of hydrogen-bond donors (Lipinski definition) is 0. The van der Waals surface area contributed by atoms with Crippen LogP contribution in [0.4, 0.5) is 0 Å². The van der Waals surface area contributed by atoms with Crippen molar-refractivity contribution in [1.82, 2.24) is 0 Å². The van der Waals surface area contributed by atoms with Gasteiger partial charge in [0.05, 0.1) is 25.7 Å². The van der Waals surface area contributed by atoms with Gasteiger partial charge in [-0.25, -0.2) is 4.79 Å². The first-order valence-corrected chi connectivity index (χ1v) is 6.76. The van der Waals surface area contributed by atoms with Crippen LogP contribution in [0.5, 0.6) is 0 Å². The number of hydrogen-bond acceptors (Lipinski definition) is 2. The molecule has 3 heterocycles. The van der Waals surface area contributed by atoms with Gasteiger partial charge in [0.2, 0.25) is 0 Å². The summed E-state index contributed by atoms with van der Waals surface area (Å²) in [5.41, 5.74) is 0.664. The van der Waals surface area contributed by atoms with E-state index in [-0.39, 0.29) is 36.0 Å². The molecule has 0 aromatic heterocycles. The largest absolute Gasteiger partial charge is 1.00 e. The van der Waals surface area contributed by atoms with Crippen LogP contribution in [-0.4, -0.2) is 43.2 Å². The molecule has 0 spiro atoms. The molecular weight excluding hydrogens is 353 g/mol. The quantitative estimate of drug-likeness (QED) is 0.381. The molecule has 1 unspecified atom stereocenters. The monoisotopic (exact) mass is 373 g/mol. The molecule has 3 aliphatic rings. The van der Waals surface area contributed by atoms with Crippen LogP contribution in [0.1, 0.15) is 23.2 Å². The molecule has 1 aromatic rings. The van der Waals surface area contributed by atoms with Gasteiger partial charge < -0.3 is 33.2 Å². The summed E-state index contributed by atoms with van der Waals surface area (Å²) in [6, 6.07) is 9.30. The predicted octanol–water partition coefficient (Wildman–Crippen LogP) is -0.914. The van der Waals surface area contributed by atoms with E-state index in [4.69, 9.17) is 4.74 Å². The number of ether oxygens (including phenoxy) is 1. The molecule has 1 atom stereocenters. The van der Waals surface area contributed by atoms with E-state index in [1.807, 2.05) is 30.3 Å². The third-order valence-corrected chi connectivity index (χ3v) is 4.49. The van der Waals surface area contributed by atoms with Crippen molar-refractivity contribution in [3.05, 3.63) is 35.9 Å². The molecule has 19 heavy (non-hydrogen) atoms. The van der Waals surface area contributed by atoms with Crippen LogP contribution in [0.3, 0.4) is 0 Å². The van der Waals surface area contributed by atoms with Crippen molar-refractivity contribution in [2.45, 2.75) is 18.9 Å². The summed E-state index contributed by atoms with van der Waals surface area (Å²) in [7, 11) is 2.28. The van der Waals surface area contributed by atoms with Crippen molar-refractivity contribution >= 4 is 5.97 Å². The highest BCUT2D eigenvalue weighted by Crippen LogP contribution is 2.34. The number of likely N-dealkylation sites (N-methyl/N-ethyl adjacent to an activating group) is 1. The SMILES string of the molecule is C[N+]12CCC(CC1)C(OC(=O)c1ccccc1)C2.[I-]. The molecule has 0 radical (unpaired) electrons. The first-order valence-electron chi connectivity index (χ1n) is 6.76. The lowest BCUT2D eigenvalue weighted by atomic mass is 9.84. The summed E-state index contributed by atoms with van der Waals surface area (Å²) >= 11 is 0. The van der Waals surface area contributed by atoms with Crippen LogP contribution < -0.4 is 24.0 Å². The molecule has 0 aliphatic carbocycles. The van der Waals surface area contributed by atoms with Crippen molar-refractivity contribution in [2.75, 3.05) is 26.7 Å². The lowest BCUT2D eigenvalue weighted by Crippen LogP contribution is -3.00. The highest BCUT2D eigenvalue weighted by atomic mass is 127. The normalized spacial score (nSPS) is 32.5. The van der Waals surface area contributed by atoms with Gasteiger partial charge in [-0.3, -0.25) is 0 Å². The summed E-state index contributed by atoms with van der Waals surface area (Å²) in [5, 5.41) is 0. The summed E-state index contributed by atoms with van der Waals surface area (Å²) < 4.78 is 6.79. The van der Waals surface area contributed by atoms with Crippen LogP contribution in [-0.2, 0) is 4.74 Å². The zero-order valence-electron chi connectivity index (χ0n) is 11.2. The van der Waals surface area contributed by atoms with E-state index in [9.17, 15) is 4.79 Å². The Labute approximate surface area is 131 Å². The van der Waals surface area contributed by atoms with Gasteiger partial charge in [-0.05, 0) is 12.1 Å². The van der Waals surface area contributed by atoms with Crippen LogP contribution in [0.25, 0.3) is 0 Å². The molecule has 2 bridgehead atoms. The average Bonchev–Trinajstić information content (AvgIpc) is 2.40. The van der Waals surface area contributed by atoms with Gasteiger partial charge in [-0.2, -0.15) is 0 Å². The fourth-order valence-corrected chi connectivity index (χ4v) is 3.26. The van der Waals surface area contributed by atoms with Gasteiger partial charge in [0.15, 0.2) is 6.10 Å². The summed E-state index contributed by atoms with van der Waals surface area (Å²) in [6.45, 7) is 3.47. The molecule has 3 fully saturated rings. The summed E-state index contributed by atoms with van der Waals surface area (Å²) in [5.74, 6) is 0.415. The van der Waals surface area contributed by atoms with Crippen molar-refractivity contribution in [3.63, 3.8) is 0 Å². The first-order chi connectivity index (χ1) is 8.66. The maximum Gasteiger partial charge on any atom is 0.338 e. The number of carbonyl (C=O) groups excluding carboxylic acids is 1. The van der Waals surface area contributed by atoms with Crippen LogP contribution in [0.2, 0.25) is 0 Å². The highest BCUT2D eigenvalue weighted by Gasteiger charge is 2.45. The summed E-state index contributed by atoms with van der Waals surface area (Å²) in [4.78, 5) is 12.1. The van der Waals surface area contributed by atoms with Crippen LogP contribution in [0.15, 0.2) is 30.3 Å². The Bertz CT molecular complexity index is 441. The Morgan fingerprint density at radius 1 is 1.21 bits per heavy atom. The van der Waals surface area contributed by atoms with Gasteiger partial charge in [-0.15, -0.1) is 0 Å². The van der Waals surface area contributed by atoms with Crippen LogP contribution in [0, 0.1) is 5.92 Å². The van der Waals surface area contributed by atoms with Gasteiger partial charge in [0.1, 0.15) is 6.54 Å². The number of fused-ring (bicyclic) bond motifs is 3. The molecule has 3 nitrogen and oxygen atoms in total. The standard InChI is InChI=1S/C15H20NO2.HI/c1-16-9-7-12(8-10-16)14(11-16)18-15(17)13-5-3-2-4-6-13;/h2-6,12,14H,7-11H2,1H3;1H/q+1;/p-1. The fourth-order valence-electron chi connectivity index (χ4n) is 3.26. The van der Waals surface area contributed by atoms with Crippen molar-refractivity contribution < 1.29 is 38.0 Å². The van der Waals surface area contributed by atoms with E-state index < -0.39 is 0 Å². The second-order valence-corrected chi connectivity index (χ2v) is 5.90. The number of benzene rings is 1. The number of rotatable bonds is 2.